The lowest BCUT2D eigenvalue weighted by molar-refractivity contribution is 0.224. The highest BCUT2D eigenvalue weighted by Crippen LogP contribution is 2.27. The molecule has 1 atom stereocenters. The van der Waals surface area contributed by atoms with Gasteiger partial charge < -0.3 is 16.2 Å². The highest BCUT2D eigenvalue weighted by molar-refractivity contribution is 5.63. The van der Waals surface area contributed by atoms with Crippen molar-refractivity contribution in [3.63, 3.8) is 0 Å². The predicted molar refractivity (Wildman–Crippen MR) is 80.1 cm³/mol. The van der Waals surface area contributed by atoms with Gasteiger partial charge in [0.1, 0.15) is 6.07 Å². The maximum atomic E-state index is 9.72. The van der Waals surface area contributed by atoms with Gasteiger partial charge in [0.25, 0.3) is 0 Å². The summed E-state index contributed by atoms with van der Waals surface area (Å²) in [6, 6.07) is 16.9. The molecule has 0 aliphatic rings. The van der Waals surface area contributed by atoms with Gasteiger partial charge in [-0.3, -0.25) is 0 Å². The van der Waals surface area contributed by atoms with Crippen LogP contribution in [-0.2, 0) is 5.54 Å². The second-order valence-electron chi connectivity index (χ2n) is 4.90. The molecule has 2 aromatic rings. The first kappa shape index (κ1) is 13.9. The third-order valence-electron chi connectivity index (χ3n) is 3.32. The number of anilines is 2. The zero-order valence-corrected chi connectivity index (χ0v) is 11.3. The fourth-order valence-electron chi connectivity index (χ4n) is 2.07. The van der Waals surface area contributed by atoms with E-state index in [2.05, 4.69) is 5.32 Å². The quantitative estimate of drug-likeness (QED) is 0.743. The summed E-state index contributed by atoms with van der Waals surface area (Å²) in [7, 11) is 0. The normalized spacial score (nSPS) is 13.2. The molecule has 0 saturated heterocycles. The molecule has 4 nitrogen and oxygen atoms in total. The number of aliphatic hydroxyl groups excluding tert-OH is 1. The van der Waals surface area contributed by atoms with Crippen LogP contribution in [0.1, 0.15) is 18.1 Å². The highest BCUT2D eigenvalue weighted by Gasteiger charge is 2.25. The van der Waals surface area contributed by atoms with E-state index >= 15 is 0 Å². The first-order chi connectivity index (χ1) is 9.59. The molecular weight excluding hydrogens is 250 g/mol. The fraction of sp³-hybridized carbons (Fsp3) is 0.188. The van der Waals surface area contributed by atoms with E-state index in [0.29, 0.717) is 11.3 Å². The number of nitrogen functional groups attached to an aromatic ring is 1. The van der Waals surface area contributed by atoms with Crippen LogP contribution in [0.25, 0.3) is 0 Å². The van der Waals surface area contributed by atoms with Gasteiger partial charge in [0, 0.05) is 5.69 Å². The van der Waals surface area contributed by atoms with Crippen molar-refractivity contribution in [2.45, 2.75) is 12.5 Å². The Kier molecular flexibility index (Phi) is 3.92. The Bertz CT molecular complexity index is 634. The smallest absolute Gasteiger partial charge is 0.101 e. The summed E-state index contributed by atoms with van der Waals surface area (Å²) in [6.07, 6.45) is 0. The number of rotatable bonds is 4. The molecular formula is C16H17N3O. The Morgan fingerprint density at radius 2 is 1.95 bits per heavy atom. The Labute approximate surface area is 118 Å². The number of nitrogens with two attached hydrogens (primary N) is 1. The summed E-state index contributed by atoms with van der Waals surface area (Å²) in [5.74, 6) is 0. The largest absolute Gasteiger partial charge is 0.398 e. The van der Waals surface area contributed by atoms with Crippen LogP contribution in [0, 0.1) is 11.3 Å². The predicted octanol–water partition coefficient (Wildman–Crippen LogP) is 2.46. The standard InChI is InChI=1S/C16H17N3O/c1-16(11-20,13-5-3-2-4-6-13)19-14-8-7-12(10-17)15(18)9-14/h2-9,19-20H,11,18H2,1H3. The minimum absolute atomic E-state index is 0.0586. The molecule has 2 aromatic carbocycles. The van der Waals surface area contributed by atoms with Crippen LogP contribution in [0.5, 0.6) is 0 Å². The lowest BCUT2D eigenvalue weighted by Gasteiger charge is -2.30. The van der Waals surface area contributed by atoms with Gasteiger partial charge in [0.2, 0.25) is 0 Å². The zero-order valence-electron chi connectivity index (χ0n) is 11.3. The van der Waals surface area contributed by atoms with Gasteiger partial charge >= 0.3 is 0 Å². The number of nitrogens with zero attached hydrogens (tertiary/aromatic N) is 1. The molecule has 0 saturated carbocycles. The minimum atomic E-state index is -0.609. The van der Waals surface area contributed by atoms with E-state index in [1.165, 1.54) is 0 Å². The van der Waals surface area contributed by atoms with Crippen molar-refractivity contribution in [3.8, 4) is 6.07 Å². The number of nitrogens with one attached hydrogen (secondary N) is 1. The summed E-state index contributed by atoms with van der Waals surface area (Å²) < 4.78 is 0. The SMILES string of the molecule is CC(CO)(Nc1ccc(C#N)c(N)c1)c1ccccc1. The monoisotopic (exact) mass is 267 g/mol. The molecule has 20 heavy (non-hydrogen) atoms. The summed E-state index contributed by atoms with van der Waals surface area (Å²) in [5, 5.41) is 21.9. The van der Waals surface area contributed by atoms with Crippen LogP contribution in [0.15, 0.2) is 48.5 Å². The van der Waals surface area contributed by atoms with Crippen molar-refractivity contribution in [2.75, 3.05) is 17.7 Å². The van der Waals surface area contributed by atoms with E-state index in [9.17, 15) is 5.11 Å². The highest BCUT2D eigenvalue weighted by atomic mass is 16.3. The molecule has 4 N–H and O–H groups in total. The molecule has 0 bridgehead atoms. The summed E-state index contributed by atoms with van der Waals surface area (Å²) >= 11 is 0. The van der Waals surface area contributed by atoms with Crippen LogP contribution in [0.2, 0.25) is 0 Å². The maximum absolute atomic E-state index is 9.72. The molecule has 0 amide bonds. The van der Waals surface area contributed by atoms with E-state index in [4.69, 9.17) is 11.0 Å². The van der Waals surface area contributed by atoms with Crippen molar-refractivity contribution in [1.82, 2.24) is 0 Å². The molecule has 4 heteroatoms. The number of benzene rings is 2. The average Bonchev–Trinajstić information content (AvgIpc) is 2.48. The van der Waals surface area contributed by atoms with Gasteiger partial charge in [-0.1, -0.05) is 30.3 Å². The Morgan fingerprint density at radius 1 is 1.25 bits per heavy atom. The second kappa shape index (κ2) is 5.64. The summed E-state index contributed by atoms with van der Waals surface area (Å²) in [6.45, 7) is 1.85. The molecule has 1 unspecified atom stereocenters. The molecule has 0 fully saturated rings. The number of aliphatic hydroxyl groups is 1. The summed E-state index contributed by atoms with van der Waals surface area (Å²) in [4.78, 5) is 0. The lowest BCUT2D eigenvalue weighted by atomic mass is 9.92. The zero-order chi connectivity index (χ0) is 14.6. The van der Waals surface area contributed by atoms with Crippen LogP contribution in [-0.4, -0.2) is 11.7 Å². The molecule has 102 valence electrons. The molecule has 0 aliphatic carbocycles. The van der Waals surface area contributed by atoms with Crippen LogP contribution in [0.3, 0.4) is 0 Å². The van der Waals surface area contributed by atoms with Gasteiger partial charge in [0.05, 0.1) is 23.4 Å². The van der Waals surface area contributed by atoms with Gasteiger partial charge in [-0.05, 0) is 30.7 Å². The van der Waals surface area contributed by atoms with Crippen molar-refractivity contribution >= 4 is 11.4 Å². The van der Waals surface area contributed by atoms with E-state index < -0.39 is 5.54 Å². The van der Waals surface area contributed by atoms with E-state index in [1.54, 1.807) is 18.2 Å². The Balaban J connectivity index is 2.31. The van der Waals surface area contributed by atoms with Crippen molar-refractivity contribution in [2.24, 2.45) is 0 Å². The van der Waals surface area contributed by atoms with Gasteiger partial charge in [-0.25, -0.2) is 0 Å². The van der Waals surface area contributed by atoms with E-state index in [-0.39, 0.29) is 6.61 Å². The van der Waals surface area contributed by atoms with Gasteiger partial charge in [-0.15, -0.1) is 0 Å². The van der Waals surface area contributed by atoms with Crippen LogP contribution >= 0.6 is 0 Å². The molecule has 0 spiro atoms. The third kappa shape index (κ3) is 2.73. The molecule has 0 radical (unpaired) electrons. The van der Waals surface area contributed by atoms with E-state index in [0.717, 1.165) is 11.3 Å². The fourth-order valence-corrected chi connectivity index (χ4v) is 2.07. The van der Waals surface area contributed by atoms with Crippen LogP contribution in [0.4, 0.5) is 11.4 Å². The summed E-state index contributed by atoms with van der Waals surface area (Å²) in [5.41, 5.74) is 7.81. The van der Waals surface area contributed by atoms with E-state index in [1.807, 2.05) is 43.3 Å². The van der Waals surface area contributed by atoms with Gasteiger partial charge in [-0.2, -0.15) is 5.26 Å². The third-order valence-corrected chi connectivity index (χ3v) is 3.32. The average molecular weight is 267 g/mol. The molecule has 0 heterocycles. The first-order valence-corrected chi connectivity index (χ1v) is 6.33. The molecule has 2 rings (SSSR count). The Morgan fingerprint density at radius 3 is 2.50 bits per heavy atom. The molecule has 0 aromatic heterocycles. The molecule has 0 aliphatic heterocycles. The Hall–Kier alpha value is -2.51. The maximum Gasteiger partial charge on any atom is 0.101 e. The number of nitriles is 1. The topological polar surface area (TPSA) is 82.1 Å². The number of hydrogen-bond donors (Lipinski definition) is 3. The van der Waals surface area contributed by atoms with Crippen LogP contribution < -0.4 is 11.1 Å². The van der Waals surface area contributed by atoms with Crippen molar-refractivity contribution in [3.05, 3.63) is 59.7 Å². The van der Waals surface area contributed by atoms with Crippen molar-refractivity contribution < 1.29 is 5.11 Å². The first-order valence-electron chi connectivity index (χ1n) is 6.33. The number of hydrogen-bond acceptors (Lipinski definition) is 4. The second-order valence-corrected chi connectivity index (χ2v) is 4.90. The minimum Gasteiger partial charge on any atom is -0.398 e. The van der Waals surface area contributed by atoms with Crippen molar-refractivity contribution in [1.29, 1.82) is 5.26 Å². The lowest BCUT2D eigenvalue weighted by Crippen LogP contribution is -2.35. The van der Waals surface area contributed by atoms with Gasteiger partial charge in [0.15, 0.2) is 0 Å².